The van der Waals surface area contributed by atoms with Crippen LogP contribution in [0.3, 0.4) is 0 Å². The van der Waals surface area contributed by atoms with E-state index in [0.29, 0.717) is 12.8 Å². The average Bonchev–Trinajstić information content (AvgIpc) is 2.16. The topological polar surface area (TPSA) is 32.3 Å². The van der Waals surface area contributed by atoms with Crippen LogP contribution in [0.1, 0.15) is 32.6 Å². The largest absolute Gasteiger partial charge is 0.417 e. The van der Waals surface area contributed by atoms with Crippen LogP contribution in [0.25, 0.3) is 0 Å². The fourth-order valence-electron chi connectivity index (χ4n) is 2.14. The summed E-state index contributed by atoms with van der Waals surface area (Å²) in [6, 6.07) is 0.211. The monoisotopic (exact) mass is 225 g/mol. The van der Waals surface area contributed by atoms with Crippen molar-refractivity contribution in [2.24, 2.45) is 5.92 Å². The Morgan fingerprint density at radius 3 is 2.13 bits per heavy atom. The van der Waals surface area contributed by atoms with Gasteiger partial charge in [0.1, 0.15) is 0 Å². The second-order valence-electron chi connectivity index (χ2n) is 4.44. The molecule has 0 aromatic rings. The van der Waals surface area contributed by atoms with Crippen LogP contribution < -0.4 is 5.32 Å². The molecule has 1 rings (SSSR count). The molecular formula is C10H18F3NO. The van der Waals surface area contributed by atoms with Gasteiger partial charge in [-0.1, -0.05) is 0 Å². The molecule has 1 fully saturated rings. The normalized spacial score (nSPS) is 35.2. The lowest BCUT2D eigenvalue weighted by molar-refractivity contribution is -0.272. The van der Waals surface area contributed by atoms with Crippen molar-refractivity contribution in [3.63, 3.8) is 0 Å². The van der Waals surface area contributed by atoms with Crippen LogP contribution in [-0.4, -0.2) is 30.0 Å². The summed E-state index contributed by atoms with van der Waals surface area (Å²) < 4.78 is 37.4. The van der Waals surface area contributed by atoms with E-state index in [1.54, 1.807) is 7.05 Å². The molecule has 1 unspecified atom stereocenters. The van der Waals surface area contributed by atoms with Crippen LogP contribution in [0.2, 0.25) is 0 Å². The molecule has 0 spiro atoms. The summed E-state index contributed by atoms with van der Waals surface area (Å²) in [6.07, 6.45) is -3.97. The molecule has 0 bridgehead atoms. The molecule has 0 aromatic heterocycles. The number of halogens is 3. The first-order valence-electron chi connectivity index (χ1n) is 5.26. The lowest BCUT2D eigenvalue weighted by Gasteiger charge is -2.39. The average molecular weight is 225 g/mol. The number of aliphatic hydroxyl groups is 1. The highest BCUT2D eigenvalue weighted by Crippen LogP contribution is 2.43. The molecular weight excluding hydrogens is 207 g/mol. The Balaban J connectivity index is 2.55. The first kappa shape index (κ1) is 12.8. The molecule has 90 valence electrons. The van der Waals surface area contributed by atoms with Gasteiger partial charge in [-0.2, -0.15) is 13.2 Å². The lowest BCUT2D eigenvalue weighted by Crippen LogP contribution is -2.49. The summed E-state index contributed by atoms with van der Waals surface area (Å²) >= 11 is 0. The van der Waals surface area contributed by atoms with E-state index in [2.05, 4.69) is 5.32 Å². The van der Waals surface area contributed by atoms with Gasteiger partial charge in [-0.05, 0) is 45.6 Å². The second-order valence-corrected chi connectivity index (χ2v) is 4.44. The van der Waals surface area contributed by atoms with E-state index in [1.807, 2.05) is 6.92 Å². The maximum atomic E-state index is 12.5. The van der Waals surface area contributed by atoms with Crippen molar-refractivity contribution in [2.45, 2.75) is 50.4 Å². The van der Waals surface area contributed by atoms with Gasteiger partial charge in [-0.25, -0.2) is 0 Å². The molecule has 2 N–H and O–H groups in total. The molecule has 0 aliphatic heterocycles. The van der Waals surface area contributed by atoms with Gasteiger partial charge in [-0.3, -0.25) is 0 Å². The molecule has 0 saturated heterocycles. The van der Waals surface area contributed by atoms with E-state index in [4.69, 9.17) is 0 Å². The van der Waals surface area contributed by atoms with Gasteiger partial charge < -0.3 is 10.4 Å². The molecule has 2 nitrogen and oxygen atoms in total. The highest BCUT2D eigenvalue weighted by Gasteiger charge is 2.54. The van der Waals surface area contributed by atoms with Crippen LogP contribution in [-0.2, 0) is 0 Å². The minimum atomic E-state index is -4.49. The fourth-order valence-corrected chi connectivity index (χ4v) is 2.14. The third kappa shape index (κ3) is 2.64. The summed E-state index contributed by atoms with van der Waals surface area (Å²) in [4.78, 5) is 0. The predicted molar refractivity (Wildman–Crippen MR) is 51.5 cm³/mol. The second kappa shape index (κ2) is 4.29. The van der Waals surface area contributed by atoms with Crippen LogP contribution in [0.4, 0.5) is 13.2 Å². The van der Waals surface area contributed by atoms with Crippen molar-refractivity contribution >= 4 is 0 Å². The van der Waals surface area contributed by atoms with Gasteiger partial charge in [-0.15, -0.1) is 0 Å². The standard InChI is InChI=1S/C10H18F3NO/c1-7(14-2)8-3-5-9(15,6-4-8)10(11,12)13/h7-8,14-15H,3-6H2,1-2H3. The summed E-state index contributed by atoms with van der Waals surface area (Å²) in [5, 5.41) is 12.5. The third-order valence-corrected chi connectivity index (χ3v) is 3.55. The Morgan fingerprint density at radius 1 is 1.33 bits per heavy atom. The smallest absolute Gasteiger partial charge is 0.380 e. The zero-order valence-electron chi connectivity index (χ0n) is 9.06. The van der Waals surface area contributed by atoms with E-state index in [-0.39, 0.29) is 24.8 Å². The number of hydrogen-bond donors (Lipinski definition) is 2. The minimum absolute atomic E-state index is 0.173. The highest BCUT2D eigenvalue weighted by atomic mass is 19.4. The SMILES string of the molecule is CNC(C)C1CCC(O)(C(F)(F)F)CC1. The number of rotatable bonds is 2. The summed E-state index contributed by atoms with van der Waals surface area (Å²) in [7, 11) is 1.80. The van der Waals surface area contributed by atoms with Crippen molar-refractivity contribution in [1.29, 1.82) is 0 Å². The number of hydrogen-bond acceptors (Lipinski definition) is 2. The van der Waals surface area contributed by atoms with E-state index in [9.17, 15) is 18.3 Å². The molecule has 15 heavy (non-hydrogen) atoms. The van der Waals surface area contributed by atoms with Crippen LogP contribution >= 0.6 is 0 Å². The Kier molecular flexibility index (Phi) is 3.66. The molecule has 1 aliphatic rings. The zero-order chi connectivity index (χ0) is 11.7. The zero-order valence-corrected chi connectivity index (χ0v) is 9.06. The van der Waals surface area contributed by atoms with Gasteiger partial charge in [0.15, 0.2) is 5.60 Å². The predicted octanol–water partition coefficient (Wildman–Crippen LogP) is 2.08. The quantitative estimate of drug-likeness (QED) is 0.754. The number of nitrogens with one attached hydrogen (secondary N) is 1. The van der Waals surface area contributed by atoms with Crippen molar-refractivity contribution in [3.8, 4) is 0 Å². The van der Waals surface area contributed by atoms with Gasteiger partial charge in [0.2, 0.25) is 0 Å². The maximum absolute atomic E-state index is 12.5. The maximum Gasteiger partial charge on any atom is 0.417 e. The molecule has 1 atom stereocenters. The van der Waals surface area contributed by atoms with Crippen molar-refractivity contribution in [2.75, 3.05) is 7.05 Å². The molecule has 0 radical (unpaired) electrons. The van der Waals surface area contributed by atoms with Gasteiger partial charge in [0.05, 0.1) is 0 Å². The van der Waals surface area contributed by atoms with Gasteiger partial charge in [0.25, 0.3) is 0 Å². The minimum Gasteiger partial charge on any atom is -0.380 e. The lowest BCUT2D eigenvalue weighted by atomic mass is 9.76. The molecule has 0 amide bonds. The third-order valence-electron chi connectivity index (χ3n) is 3.55. The summed E-state index contributed by atoms with van der Waals surface area (Å²) in [6.45, 7) is 1.96. The molecule has 1 aliphatic carbocycles. The van der Waals surface area contributed by atoms with Crippen molar-refractivity contribution in [3.05, 3.63) is 0 Å². The van der Waals surface area contributed by atoms with Crippen molar-refractivity contribution in [1.82, 2.24) is 5.32 Å². The van der Waals surface area contributed by atoms with Crippen LogP contribution in [0, 0.1) is 5.92 Å². The fraction of sp³-hybridized carbons (Fsp3) is 1.00. The van der Waals surface area contributed by atoms with E-state index in [0.717, 1.165) is 0 Å². The summed E-state index contributed by atoms with van der Waals surface area (Å²) in [5.74, 6) is 0.234. The molecule has 5 heteroatoms. The van der Waals surface area contributed by atoms with E-state index in [1.165, 1.54) is 0 Å². The Bertz CT molecular complexity index is 209. The van der Waals surface area contributed by atoms with Gasteiger partial charge in [0, 0.05) is 6.04 Å². The van der Waals surface area contributed by atoms with E-state index >= 15 is 0 Å². The van der Waals surface area contributed by atoms with Crippen LogP contribution in [0.15, 0.2) is 0 Å². The Hall–Kier alpha value is -0.290. The number of alkyl halides is 3. The Labute approximate surface area is 87.9 Å². The first-order chi connectivity index (χ1) is 6.80. The summed E-state index contributed by atoms with van der Waals surface area (Å²) in [5.41, 5.74) is -2.45. The van der Waals surface area contributed by atoms with Crippen LogP contribution in [0.5, 0.6) is 0 Å². The molecule has 0 aromatic carbocycles. The Morgan fingerprint density at radius 2 is 1.80 bits per heavy atom. The molecule has 0 heterocycles. The van der Waals surface area contributed by atoms with Crippen molar-refractivity contribution < 1.29 is 18.3 Å². The first-order valence-corrected chi connectivity index (χ1v) is 5.26. The van der Waals surface area contributed by atoms with Gasteiger partial charge >= 0.3 is 6.18 Å². The molecule has 1 saturated carbocycles. The van der Waals surface area contributed by atoms with E-state index < -0.39 is 11.8 Å². The highest BCUT2D eigenvalue weighted by molar-refractivity contribution is 4.93.